The number of hydrogen-bond acceptors (Lipinski definition) is 6. The first-order chi connectivity index (χ1) is 6.29. The van der Waals surface area contributed by atoms with Crippen molar-refractivity contribution in [2.75, 3.05) is 0 Å². The highest BCUT2D eigenvalue weighted by atomic mass is 16.4. The van der Waals surface area contributed by atoms with E-state index in [0.29, 0.717) is 0 Å². The average Bonchev–Trinajstić information content (AvgIpc) is 2.12. The van der Waals surface area contributed by atoms with Crippen LogP contribution in [0.15, 0.2) is 0 Å². The molecule has 0 fully saturated rings. The lowest BCUT2D eigenvalue weighted by molar-refractivity contribution is -0.151. The molecule has 0 spiro atoms. The van der Waals surface area contributed by atoms with Gasteiger partial charge in [-0.2, -0.15) is 0 Å². The zero-order valence-electron chi connectivity index (χ0n) is 7.91. The third-order valence-corrected chi connectivity index (χ3v) is 1.78. The van der Waals surface area contributed by atoms with Gasteiger partial charge < -0.3 is 20.4 Å². The predicted molar refractivity (Wildman–Crippen MR) is 45.4 cm³/mol. The standard InChI is InChI=1S/C8H14O6/c1-3(9)5(11)7(13)8(14)6(12)4(2)10/h3,5,7-9,11,13-14H,1-2H3. The molecule has 0 saturated carbocycles. The lowest BCUT2D eigenvalue weighted by Gasteiger charge is -2.23. The number of aliphatic hydroxyl groups excluding tert-OH is 4. The molecule has 0 aromatic carbocycles. The monoisotopic (exact) mass is 206 g/mol. The zero-order chi connectivity index (χ0) is 11.5. The summed E-state index contributed by atoms with van der Waals surface area (Å²) < 4.78 is 0. The van der Waals surface area contributed by atoms with E-state index in [1.165, 1.54) is 6.92 Å². The fourth-order valence-electron chi connectivity index (χ4n) is 0.835. The molecule has 0 aromatic heterocycles. The summed E-state index contributed by atoms with van der Waals surface area (Å²) in [5, 5.41) is 36.1. The normalized spacial score (nSPS) is 19.6. The quantitative estimate of drug-likeness (QED) is 0.373. The summed E-state index contributed by atoms with van der Waals surface area (Å²) in [5.74, 6) is -2.12. The number of carbonyl (C=O) groups excluding carboxylic acids is 2. The topological polar surface area (TPSA) is 115 Å². The van der Waals surface area contributed by atoms with Crippen molar-refractivity contribution in [2.45, 2.75) is 38.3 Å². The van der Waals surface area contributed by atoms with E-state index in [1.807, 2.05) is 0 Å². The minimum Gasteiger partial charge on any atom is -0.391 e. The maximum absolute atomic E-state index is 10.9. The van der Waals surface area contributed by atoms with Gasteiger partial charge in [0.25, 0.3) is 0 Å². The second kappa shape index (κ2) is 5.16. The molecule has 0 amide bonds. The Kier molecular flexibility index (Phi) is 4.86. The molecule has 14 heavy (non-hydrogen) atoms. The third-order valence-electron chi connectivity index (χ3n) is 1.78. The van der Waals surface area contributed by atoms with Crippen molar-refractivity contribution in [1.29, 1.82) is 0 Å². The van der Waals surface area contributed by atoms with E-state index in [0.717, 1.165) is 6.92 Å². The van der Waals surface area contributed by atoms with Crippen LogP contribution in [0.5, 0.6) is 0 Å². The van der Waals surface area contributed by atoms with Crippen molar-refractivity contribution in [3.63, 3.8) is 0 Å². The van der Waals surface area contributed by atoms with E-state index < -0.39 is 36.0 Å². The van der Waals surface area contributed by atoms with Crippen molar-refractivity contribution < 1.29 is 30.0 Å². The molecule has 0 rings (SSSR count). The van der Waals surface area contributed by atoms with Gasteiger partial charge in [0.1, 0.15) is 18.3 Å². The largest absolute Gasteiger partial charge is 0.391 e. The van der Waals surface area contributed by atoms with Crippen LogP contribution in [0, 0.1) is 0 Å². The van der Waals surface area contributed by atoms with Gasteiger partial charge in [-0.05, 0) is 6.92 Å². The fourth-order valence-corrected chi connectivity index (χ4v) is 0.835. The van der Waals surface area contributed by atoms with E-state index in [-0.39, 0.29) is 0 Å². The molecule has 0 aliphatic carbocycles. The average molecular weight is 206 g/mol. The van der Waals surface area contributed by atoms with Crippen LogP contribution in [-0.4, -0.2) is 56.4 Å². The Bertz CT molecular complexity index is 224. The second-order valence-electron chi connectivity index (χ2n) is 3.09. The van der Waals surface area contributed by atoms with E-state index in [9.17, 15) is 9.59 Å². The molecule has 0 heterocycles. The van der Waals surface area contributed by atoms with Gasteiger partial charge in [-0.1, -0.05) is 0 Å². The van der Waals surface area contributed by atoms with Crippen LogP contribution < -0.4 is 0 Å². The van der Waals surface area contributed by atoms with E-state index in [4.69, 9.17) is 20.4 Å². The minimum absolute atomic E-state index is 0.922. The number of carbonyl (C=O) groups is 2. The van der Waals surface area contributed by atoms with Gasteiger partial charge in [-0.3, -0.25) is 9.59 Å². The predicted octanol–water partition coefficient (Wildman–Crippen LogP) is -2.39. The maximum Gasteiger partial charge on any atom is 0.229 e. The highest BCUT2D eigenvalue weighted by molar-refractivity contribution is 6.38. The summed E-state index contributed by atoms with van der Waals surface area (Å²) in [6, 6.07) is 0. The summed E-state index contributed by atoms with van der Waals surface area (Å²) >= 11 is 0. The zero-order valence-corrected chi connectivity index (χ0v) is 7.91. The minimum atomic E-state index is -2.00. The SMILES string of the molecule is CC(=O)C(=O)C(O)C(O)C(O)C(C)O. The van der Waals surface area contributed by atoms with Crippen LogP contribution in [0.25, 0.3) is 0 Å². The number of ketones is 2. The van der Waals surface area contributed by atoms with Gasteiger partial charge in [0.15, 0.2) is 5.78 Å². The molecule has 6 heteroatoms. The summed E-state index contributed by atoms with van der Waals surface area (Å²) in [6.07, 6.45) is -6.85. The fraction of sp³-hybridized carbons (Fsp3) is 0.750. The molecule has 4 N–H and O–H groups in total. The molecule has 0 radical (unpaired) electrons. The van der Waals surface area contributed by atoms with Crippen molar-refractivity contribution in [3.8, 4) is 0 Å². The van der Waals surface area contributed by atoms with Crippen LogP contribution in [-0.2, 0) is 9.59 Å². The van der Waals surface area contributed by atoms with Gasteiger partial charge in [0.05, 0.1) is 6.10 Å². The van der Waals surface area contributed by atoms with Crippen LogP contribution in [0.3, 0.4) is 0 Å². The molecule has 4 unspecified atom stereocenters. The molecule has 82 valence electrons. The molecule has 6 nitrogen and oxygen atoms in total. The third kappa shape index (κ3) is 3.15. The first kappa shape index (κ1) is 13.2. The Labute approximate surface area is 80.8 Å². The van der Waals surface area contributed by atoms with Gasteiger partial charge in [-0.15, -0.1) is 0 Å². The first-order valence-corrected chi connectivity index (χ1v) is 4.06. The highest BCUT2D eigenvalue weighted by Crippen LogP contribution is 2.05. The molecular formula is C8H14O6. The lowest BCUT2D eigenvalue weighted by atomic mass is 9.99. The van der Waals surface area contributed by atoms with Gasteiger partial charge >= 0.3 is 0 Å². The number of hydrogen-bond donors (Lipinski definition) is 4. The number of Topliss-reactive ketones (excluding diaryl/α,β-unsaturated/α-hetero) is 2. The molecule has 0 saturated heterocycles. The van der Waals surface area contributed by atoms with Crippen molar-refractivity contribution in [1.82, 2.24) is 0 Å². The Morgan fingerprint density at radius 1 is 1.00 bits per heavy atom. The summed E-state index contributed by atoms with van der Waals surface area (Å²) in [5.41, 5.74) is 0. The summed E-state index contributed by atoms with van der Waals surface area (Å²) in [7, 11) is 0. The smallest absolute Gasteiger partial charge is 0.229 e. The Balaban J connectivity index is 4.46. The van der Waals surface area contributed by atoms with E-state index in [1.54, 1.807) is 0 Å². The Morgan fingerprint density at radius 2 is 1.43 bits per heavy atom. The van der Waals surface area contributed by atoms with Gasteiger partial charge in [0.2, 0.25) is 5.78 Å². The molecule has 0 aliphatic heterocycles. The van der Waals surface area contributed by atoms with Crippen LogP contribution >= 0.6 is 0 Å². The first-order valence-electron chi connectivity index (χ1n) is 4.06. The molecular weight excluding hydrogens is 192 g/mol. The highest BCUT2D eigenvalue weighted by Gasteiger charge is 2.34. The van der Waals surface area contributed by atoms with Crippen molar-refractivity contribution >= 4 is 11.6 Å². The Hall–Kier alpha value is -0.820. The van der Waals surface area contributed by atoms with Gasteiger partial charge in [-0.25, -0.2) is 0 Å². The molecule has 4 atom stereocenters. The van der Waals surface area contributed by atoms with Crippen LogP contribution in [0.4, 0.5) is 0 Å². The van der Waals surface area contributed by atoms with Crippen LogP contribution in [0.2, 0.25) is 0 Å². The van der Waals surface area contributed by atoms with Crippen molar-refractivity contribution in [3.05, 3.63) is 0 Å². The van der Waals surface area contributed by atoms with Crippen LogP contribution in [0.1, 0.15) is 13.8 Å². The number of rotatable bonds is 5. The second-order valence-corrected chi connectivity index (χ2v) is 3.09. The molecule has 0 bridgehead atoms. The maximum atomic E-state index is 10.9. The van der Waals surface area contributed by atoms with E-state index >= 15 is 0 Å². The lowest BCUT2D eigenvalue weighted by Crippen LogP contribution is -2.48. The van der Waals surface area contributed by atoms with Gasteiger partial charge in [0, 0.05) is 6.92 Å². The molecule has 0 aromatic rings. The van der Waals surface area contributed by atoms with Crippen molar-refractivity contribution in [2.24, 2.45) is 0 Å². The number of aliphatic hydroxyl groups is 4. The summed E-state index contributed by atoms with van der Waals surface area (Å²) in [6.45, 7) is 2.12. The van der Waals surface area contributed by atoms with E-state index in [2.05, 4.69) is 0 Å². The Morgan fingerprint density at radius 3 is 1.71 bits per heavy atom. The molecule has 0 aliphatic rings. The summed E-state index contributed by atoms with van der Waals surface area (Å²) in [4.78, 5) is 21.4.